The largest absolute Gasteiger partial charge is 0.339 e. The molecule has 0 saturated carbocycles. The van der Waals surface area contributed by atoms with Crippen LogP contribution in [0.25, 0.3) is 0 Å². The molecule has 1 aromatic carbocycles. The molecule has 2 N–H and O–H groups in total. The van der Waals surface area contributed by atoms with Gasteiger partial charge in [0.25, 0.3) is 0 Å². The molecule has 0 spiro atoms. The van der Waals surface area contributed by atoms with Crippen LogP contribution in [0, 0.1) is 0 Å². The molecule has 2 rings (SSSR count). The first-order valence-corrected chi connectivity index (χ1v) is 8.51. The molecule has 1 aromatic rings. The maximum atomic E-state index is 12.1. The lowest BCUT2D eigenvalue weighted by Gasteiger charge is -2.27. The van der Waals surface area contributed by atoms with Gasteiger partial charge in [-0.3, -0.25) is 4.79 Å². The number of nitrogens with one attached hydrogen (secondary N) is 2. The summed E-state index contributed by atoms with van der Waals surface area (Å²) in [5, 5.41) is 3.14. The van der Waals surface area contributed by atoms with E-state index in [-0.39, 0.29) is 17.3 Å². The average molecular weight is 362 g/mol. The maximum absolute atomic E-state index is 12.1. The van der Waals surface area contributed by atoms with Crippen molar-refractivity contribution in [2.75, 3.05) is 32.7 Å². The summed E-state index contributed by atoms with van der Waals surface area (Å²) in [5.74, 6) is -0.206. The zero-order valence-corrected chi connectivity index (χ0v) is 13.2. The maximum Gasteiger partial charge on any atom is 0.242 e. The third-order valence-corrected chi connectivity index (χ3v) is 5.42. The second-order valence-corrected chi connectivity index (χ2v) is 6.98. The van der Waals surface area contributed by atoms with Gasteiger partial charge in [-0.05, 0) is 28.1 Å². The highest BCUT2D eigenvalue weighted by Crippen LogP contribution is 2.20. The van der Waals surface area contributed by atoms with Gasteiger partial charge in [-0.15, -0.1) is 0 Å². The van der Waals surface area contributed by atoms with Gasteiger partial charge in [-0.25, -0.2) is 13.1 Å². The lowest BCUT2D eigenvalue weighted by atomic mass is 10.3. The highest BCUT2D eigenvalue weighted by molar-refractivity contribution is 9.10. The van der Waals surface area contributed by atoms with Gasteiger partial charge < -0.3 is 10.2 Å². The van der Waals surface area contributed by atoms with Crippen LogP contribution in [0.2, 0.25) is 0 Å². The number of hydrogen-bond donors (Lipinski definition) is 2. The molecule has 110 valence electrons. The Labute approximate surface area is 126 Å². The smallest absolute Gasteiger partial charge is 0.242 e. The molecular formula is C12H16BrN3O3S. The predicted octanol–water partition coefficient (Wildman–Crippen LogP) is 0.159. The van der Waals surface area contributed by atoms with E-state index in [1.54, 1.807) is 23.1 Å². The van der Waals surface area contributed by atoms with E-state index in [2.05, 4.69) is 26.0 Å². The number of rotatable bonds is 4. The van der Waals surface area contributed by atoms with E-state index in [0.29, 0.717) is 17.6 Å². The standard InChI is InChI=1S/C12H16BrN3O3S/c13-10-3-1-2-4-11(10)20(18,19)15-9-12(17)16-7-5-14-6-8-16/h1-4,14-15H,5-9H2. The van der Waals surface area contributed by atoms with Crippen molar-refractivity contribution < 1.29 is 13.2 Å². The molecule has 0 bridgehead atoms. The minimum Gasteiger partial charge on any atom is -0.339 e. The summed E-state index contributed by atoms with van der Waals surface area (Å²) in [7, 11) is -3.68. The second kappa shape index (κ2) is 6.66. The fraction of sp³-hybridized carbons (Fsp3) is 0.417. The van der Waals surface area contributed by atoms with Crippen molar-refractivity contribution in [3.05, 3.63) is 28.7 Å². The van der Waals surface area contributed by atoms with Crippen molar-refractivity contribution in [1.82, 2.24) is 14.9 Å². The van der Waals surface area contributed by atoms with Crippen molar-refractivity contribution in [3.8, 4) is 0 Å². The van der Waals surface area contributed by atoms with Crippen LogP contribution in [0.3, 0.4) is 0 Å². The van der Waals surface area contributed by atoms with Gasteiger partial charge in [0.2, 0.25) is 15.9 Å². The molecule has 0 atom stereocenters. The lowest BCUT2D eigenvalue weighted by molar-refractivity contribution is -0.130. The Bertz CT molecular complexity index is 585. The van der Waals surface area contributed by atoms with Gasteiger partial charge in [-0.1, -0.05) is 12.1 Å². The third-order valence-electron chi connectivity index (χ3n) is 3.01. The number of halogens is 1. The first-order chi connectivity index (χ1) is 9.50. The third kappa shape index (κ3) is 3.78. The molecule has 0 radical (unpaired) electrons. The average Bonchev–Trinajstić information content (AvgIpc) is 2.46. The van der Waals surface area contributed by atoms with E-state index in [9.17, 15) is 13.2 Å². The number of carbonyl (C=O) groups excluding carboxylic acids is 1. The van der Waals surface area contributed by atoms with Crippen molar-refractivity contribution in [1.29, 1.82) is 0 Å². The monoisotopic (exact) mass is 361 g/mol. The molecule has 1 saturated heterocycles. The number of sulfonamides is 1. The molecule has 1 fully saturated rings. The summed E-state index contributed by atoms with van der Waals surface area (Å²) in [6.07, 6.45) is 0. The highest BCUT2D eigenvalue weighted by Gasteiger charge is 2.21. The number of nitrogens with zero attached hydrogens (tertiary/aromatic N) is 1. The first-order valence-electron chi connectivity index (χ1n) is 6.23. The van der Waals surface area contributed by atoms with Crippen molar-refractivity contribution in [2.24, 2.45) is 0 Å². The van der Waals surface area contributed by atoms with Crippen molar-refractivity contribution in [2.45, 2.75) is 4.90 Å². The van der Waals surface area contributed by atoms with E-state index >= 15 is 0 Å². The van der Waals surface area contributed by atoms with Gasteiger partial charge in [0.15, 0.2) is 0 Å². The van der Waals surface area contributed by atoms with Crippen LogP contribution in [0.4, 0.5) is 0 Å². The number of piperazine rings is 1. The van der Waals surface area contributed by atoms with Crippen LogP contribution in [0.15, 0.2) is 33.6 Å². The van der Waals surface area contributed by atoms with E-state index in [0.717, 1.165) is 13.1 Å². The Morgan fingerprint density at radius 3 is 2.60 bits per heavy atom. The summed E-state index contributed by atoms with van der Waals surface area (Å²) in [6.45, 7) is 2.47. The second-order valence-electron chi connectivity index (χ2n) is 4.39. The zero-order valence-electron chi connectivity index (χ0n) is 10.8. The molecule has 8 heteroatoms. The van der Waals surface area contributed by atoms with E-state index < -0.39 is 10.0 Å². The zero-order chi connectivity index (χ0) is 14.6. The van der Waals surface area contributed by atoms with E-state index in [4.69, 9.17) is 0 Å². The summed E-state index contributed by atoms with van der Waals surface area (Å²) < 4.78 is 27.1. The Morgan fingerprint density at radius 1 is 1.30 bits per heavy atom. The van der Waals surface area contributed by atoms with Gasteiger partial charge in [-0.2, -0.15) is 0 Å². The molecule has 20 heavy (non-hydrogen) atoms. The lowest BCUT2D eigenvalue weighted by Crippen LogP contribution is -2.49. The molecular weight excluding hydrogens is 346 g/mol. The molecule has 1 heterocycles. The minimum atomic E-state index is -3.68. The number of amides is 1. The highest BCUT2D eigenvalue weighted by atomic mass is 79.9. The van der Waals surface area contributed by atoms with Gasteiger partial charge in [0.1, 0.15) is 0 Å². The van der Waals surface area contributed by atoms with Crippen molar-refractivity contribution in [3.63, 3.8) is 0 Å². The van der Waals surface area contributed by atoms with Crippen LogP contribution in [-0.4, -0.2) is 51.9 Å². The molecule has 0 aliphatic carbocycles. The Kier molecular flexibility index (Phi) is 5.14. The number of carbonyl (C=O) groups is 1. The topological polar surface area (TPSA) is 78.5 Å². The van der Waals surface area contributed by atoms with Crippen LogP contribution in [0.1, 0.15) is 0 Å². The Hall–Kier alpha value is -0.960. The van der Waals surface area contributed by atoms with Crippen LogP contribution in [0.5, 0.6) is 0 Å². The van der Waals surface area contributed by atoms with Gasteiger partial charge >= 0.3 is 0 Å². The predicted molar refractivity (Wildman–Crippen MR) is 78.8 cm³/mol. The van der Waals surface area contributed by atoms with Gasteiger partial charge in [0, 0.05) is 30.7 Å². The minimum absolute atomic E-state index is 0.133. The normalized spacial score (nSPS) is 16.1. The summed E-state index contributed by atoms with van der Waals surface area (Å²) in [5.41, 5.74) is 0. The molecule has 6 nitrogen and oxygen atoms in total. The van der Waals surface area contributed by atoms with Crippen LogP contribution >= 0.6 is 15.9 Å². The van der Waals surface area contributed by atoms with Gasteiger partial charge in [0.05, 0.1) is 11.4 Å². The fourth-order valence-electron chi connectivity index (χ4n) is 1.92. The molecule has 0 unspecified atom stereocenters. The van der Waals surface area contributed by atoms with Crippen molar-refractivity contribution >= 4 is 31.9 Å². The summed E-state index contributed by atoms with van der Waals surface area (Å²) in [6, 6.07) is 6.50. The SMILES string of the molecule is O=C(CNS(=O)(=O)c1ccccc1Br)N1CCNCC1. The molecule has 1 aliphatic rings. The number of benzene rings is 1. The molecule has 0 aromatic heterocycles. The van der Waals surface area contributed by atoms with Crippen LogP contribution < -0.4 is 10.0 Å². The molecule has 1 aliphatic heterocycles. The van der Waals surface area contributed by atoms with E-state index in [1.807, 2.05) is 0 Å². The Morgan fingerprint density at radius 2 is 1.95 bits per heavy atom. The fourth-order valence-corrected chi connectivity index (χ4v) is 3.90. The first kappa shape index (κ1) is 15.4. The van der Waals surface area contributed by atoms with E-state index in [1.165, 1.54) is 6.07 Å². The van der Waals surface area contributed by atoms with Crippen LogP contribution in [-0.2, 0) is 14.8 Å². The summed E-state index contributed by atoms with van der Waals surface area (Å²) in [4.78, 5) is 13.7. The number of hydrogen-bond acceptors (Lipinski definition) is 4. The Balaban J connectivity index is 1.99. The summed E-state index contributed by atoms with van der Waals surface area (Å²) >= 11 is 3.19. The quantitative estimate of drug-likeness (QED) is 0.800. The molecule has 1 amide bonds.